The molecule has 0 spiro atoms. The Bertz CT molecular complexity index is 1480. The molecular weight excluding hydrogens is 634 g/mol. The molecule has 9 nitrogen and oxygen atoms in total. The largest absolute Gasteiger partial charge is 0.494 e. The molecule has 3 aromatic rings. The number of benzene rings is 3. The summed E-state index contributed by atoms with van der Waals surface area (Å²) < 4.78 is 18.2. The van der Waals surface area contributed by atoms with Crippen LogP contribution in [0.1, 0.15) is 81.9 Å². The SMILES string of the molecule is CCN(CC)CCCCCCCCOc1ccc(C2(c3ccccc3)OC(=O)CC(O)(CC(=O)O)C(=O)OC2(Cl)c2ccccc2)cc1. The second kappa shape index (κ2) is 17.0. The van der Waals surface area contributed by atoms with Crippen LogP contribution in [-0.4, -0.2) is 64.9 Å². The van der Waals surface area contributed by atoms with Crippen LogP contribution in [0.5, 0.6) is 5.75 Å². The normalized spacial score (nSPS) is 22.8. The lowest BCUT2D eigenvalue weighted by Crippen LogP contribution is -2.58. The lowest BCUT2D eigenvalue weighted by molar-refractivity contribution is -0.219. The molecule has 258 valence electrons. The molecule has 3 aromatic carbocycles. The Labute approximate surface area is 287 Å². The molecule has 0 aromatic heterocycles. The second-order valence-electron chi connectivity index (χ2n) is 12.2. The van der Waals surface area contributed by atoms with E-state index in [1.165, 1.54) is 19.3 Å². The standard InChI is InChI=1S/C38H46ClNO8/c1-3-40(4-2)25-15-7-5-6-8-16-26-46-32-23-21-30(22-24-32)37(29-17-11-9-12-18-29)38(39,31-19-13-10-14-20-31)48-35(44)36(45,27-33(41)42)28-34(43)47-37/h9-14,17-24,45H,3-8,15-16,25-28H2,1-2H3,(H,41,42). The van der Waals surface area contributed by atoms with Gasteiger partial charge in [-0.2, -0.15) is 0 Å². The number of carbonyl (C=O) groups is 3. The van der Waals surface area contributed by atoms with E-state index >= 15 is 0 Å². The lowest BCUT2D eigenvalue weighted by Gasteiger charge is -2.48. The summed E-state index contributed by atoms with van der Waals surface area (Å²) in [5.41, 5.74) is -3.67. The van der Waals surface area contributed by atoms with Crippen LogP contribution in [0, 0.1) is 0 Å². The highest BCUT2D eigenvalue weighted by atomic mass is 35.5. The van der Waals surface area contributed by atoms with Gasteiger partial charge in [-0.25, -0.2) is 4.79 Å². The highest BCUT2D eigenvalue weighted by Crippen LogP contribution is 2.55. The van der Waals surface area contributed by atoms with Crippen LogP contribution in [0.2, 0.25) is 0 Å². The van der Waals surface area contributed by atoms with Gasteiger partial charge < -0.3 is 29.3 Å². The molecule has 1 fully saturated rings. The molecule has 1 aliphatic heterocycles. The number of hydrogen-bond donors (Lipinski definition) is 2. The van der Waals surface area contributed by atoms with Crippen molar-refractivity contribution in [3.63, 3.8) is 0 Å². The van der Waals surface area contributed by atoms with Gasteiger partial charge in [0.25, 0.3) is 5.06 Å². The van der Waals surface area contributed by atoms with Gasteiger partial charge in [0.1, 0.15) is 5.75 Å². The maximum Gasteiger partial charge on any atom is 0.341 e. The first-order valence-corrected chi connectivity index (χ1v) is 17.1. The van der Waals surface area contributed by atoms with Crippen molar-refractivity contribution in [2.24, 2.45) is 0 Å². The van der Waals surface area contributed by atoms with E-state index in [1.54, 1.807) is 84.9 Å². The molecule has 0 amide bonds. The van der Waals surface area contributed by atoms with Gasteiger partial charge >= 0.3 is 17.9 Å². The van der Waals surface area contributed by atoms with Crippen LogP contribution in [0.15, 0.2) is 84.9 Å². The zero-order valence-electron chi connectivity index (χ0n) is 27.7. The number of carbonyl (C=O) groups excluding carboxylic acids is 2. The van der Waals surface area contributed by atoms with E-state index < -0.39 is 47.0 Å². The van der Waals surface area contributed by atoms with Gasteiger partial charge in [0.05, 0.1) is 19.4 Å². The first-order chi connectivity index (χ1) is 23.1. The van der Waals surface area contributed by atoms with Crippen molar-refractivity contribution in [2.45, 2.75) is 81.5 Å². The van der Waals surface area contributed by atoms with E-state index in [1.807, 2.05) is 0 Å². The van der Waals surface area contributed by atoms with E-state index in [0.717, 1.165) is 38.9 Å². The van der Waals surface area contributed by atoms with E-state index in [9.17, 15) is 24.6 Å². The predicted molar refractivity (Wildman–Crippen MR) is 183 cm³/mol. The second-order valence-corrected chi connectivity index (χ2v) is 12.7. The van der Waals surface area contributed by atoms with Crippen molar-refractivity contribution in [2.75, 3.05) is 26.2 Å². The molecule has 10 heteroatoms. The summed E-state index contributed by atoms with van der Waals surface area (Å²) in [6.07, 6.45) is 4.76. The van der Waals surface area contributed by atoms with Crippen LogP contribution in [-0.2, 0) is 34.5 Å². The number of esters is 2. The third kappa shape index (κ3) is 8.56. The quantitative estimate of drug-likeness (QED) is 0.0903. The fourth-order valence-electron chi connectivity index (χ4n) is 6.17. The van der Waals surface area contributed by atoms with Crippen molar-refractivity contribution in [1.29, 1.82) is 0 Å². The van der Waals surface area contributed by atoms with Gasteiger partial charge in [0.2, 0.25) is 5.60 Å². The number of aliphatic hydroxyl groups is 1. The minimum Gasteiger partial charge on any atom is -0.494 e. The van der Waals surface area contributed by atoms with Crippen molar-refractivity contribution >= 4 is 29.5 Å². The summed E-state index contributed by atoms with van der Waals surface area (Å²) in [6.45, 7) is 8.29. The number of rotatable bonds is 17. The molecule has 48 heavy (non-hydrogen) atoms. The fraction of sp³-hybridized carbons (Fsp3) is 0.447. The number of carboxylic acid groups (broad SMARTS) is 1. The third-order valence-electron chi connectivity index (χ3n) is 8.83. The number of carboxylic acids is 1. The molecule has 1 heterocycles. The van der Waals surface area contributed by atoms with Gasteiger partial charge in [-0.15, -0.1) is 0 Å². The van der Waals surface area contributed by atoms with Crippen molar-refractivity contribution < 1.29 is 38.8 Å². The number of aliphatic carboxylic acids is 1. The fourth-order valence-corrected chi connectivity index (χ4v) is 6.62. The van der Waals surface area contributed by atoms with Gasteiger partial charge in [-0.1, -0.05) is 124 Å². The molecule has 0 saturated carbocycles. The maximum absolute atomic E-state index is 13.6. The lowest BCUT2D eigenvalue weighted by atomic mass is 9.77. The van der Waals surface area contributed by atoms with Crippen LogP contribution >= 0.6 is 11.6 Å². The Balaban J connectivity index is 1.59. The van der Waals surface area contributed by atoms with Crippen LogP contribution in [0.4, 0.5) is 0 Å². The Kier molecular flexibility index (Phi) is 13.0. The Morgan fingerprint density at radius 2 is 1.33 bits per heavy atom. The van der Waals surface area contributed by atoms with E-state index in [0.29, 0.717) is 23.5 Å². The smallest absolute Gasteiger partial charge is 0.341 e. The van der Waals surface area contributed by atoms with Gasteiger partial charge in [-0.05, 0) is 44.6 Å². The minimum atomic E-state index is -2.70. The Morgan fingerprint density at radius 1 is 0.792 bits per heavy atom. The summed E-state index contributed by atoms with van der Waals surface area (Å²) in [5, 5.41) is 18.2. The Hall–Kier alpha value is -3.92. The van der Waals surface area contributed by atoms with Gasteiger partial charge in [0.15, 0.2) is 5.60 Å². The zero-order valence-corrected chi connectivity index (χ0v) is 28.5. The third-order valence-corrected chi connectivity index (χ3v) is 9.39. The van der Waals surface area contributed by atoms with Crippen molar-refractivity contribution in [3.05, 3.63) is 102 Å². The van der Waals surface area contributed by atoms with E-state index in [2.05, 4.69) is 18.7 Å². The van der Waals surface area contributed by atoms with Crippen LogP contribution in [0.3, 0.4) is 0 Å². The first-order valence-electron chi connectivity index (χ1n) is 16.7. The molecular formula is C38H46ClNO8. The summed E-state index contributed by atoms with van der Waals surface area (Å²) >= 11 is 7.41. The van der Waals surface area contributed by atoms with Gasteiger partial charge in [0, 0.05) is 16.7 Å². The minimum absolute atomic E-state index is 0.240. The topological polar surface area (TPSA) is 123 Å². The molecule has 4 rings (SSSR count). The number of unbranched alkanes of at least 4 members (excludes halogenated alkanes) is 5. The van der Waals surface area contributed by atoms with Crippen LogP contribution < -0.4 is 4.74 Å². The molecule has 1 saturated heterocycles. The zero-order chi connectivity index (χ0) is 34.6. The van der Waals surface area contributed by atoms with Crippen molar-refractivity contribution in [1.82, 2.24) is 4.90 Å². The van der Waals surface area contributed by atoms with Gasteiger partial charge in [-0.3, -0.25) is 9.59 Å². The summed E-state index contributed by atoms with van der Waals surface area (Å²) in [4.78, 5) is 41.3. The molecule has 3 atom stereocenters. The van der Waals surface area contributed by atoms with E-state index in [-0.39, 0.29) is 5.56 Å². The molecule has 1 aliphatic rings. The highest BCUT2D eigenvalue weighted by molar-refractivity contribution is 6.25. The van der Waals surface area contributed by atoms with Crippen molar-refractivity contribution in [3.8, 4) is 5.75 Å². The summed E-state index contributed by atoms with van der Waals surface area (Å²) in [6, 6.07) is 23.8. The number of nitrogens with zero attached hydrogens (tertiary/aromatic N) is 1. The maximum atomic E-state index is 13.6. The summed E-state index contributed by atoms with van der Waals surface area (Å²) in [5.74, 6) is -3.29. The first kappa shape index (κ1) is 36.9. The summed E-state index contributed by atoms with van der Waals surface area (Å²) in [7, 11) is 0. The highest BCUT2D eigenvalue weighted by Gasteiger charge is 2.64. The number of hydrogen-bond acceptors (Lipinski definition) is 8. The number of halogens is 1. The molecule has 0 radical (unpaired) electrons. The molecule has 2 N–H and O–H groups in total. The average Bonchev–Trinajstić information content (AvgIpc) is 3.08. The molecule has 0 aliphatic carbocycles. The Morgan fingerprint density at radius 3 is 1.92 bits per heavy atom. The number of cyclic esters (lactones) is 2. The van der Waals surface area contributed by atoms with E-state index in [4.69, 9.17) is 25.8 Å². The number of ether oxygens (including phenoxy) is 3. The monoisotopic (exact) mass is 679 g/mol. The van der Waals surface area contributed by atoms with Crippen LogP contribution in [0.25, 0.3) is 0 Å². The average molecular weight is 680 g/mol. The molecule has 3 unspecified atom stereocenters. The predicted octanol–water partition coefficient (Wildman–Crippen LogP) is 6.78. The molecule has 0 bridgehead atoms. The number of alkyl halides is 1.